The maximum absolute atomic E-state index is 10.3. The molecular formula is C23H30O6. The van der Waals surface area contributed by atoms with Crippen molar-refractivity contribution >= 4 is 0 Å². The zero-order chi connectivity index (χ0) is 21.0. The van der Waals surface area contributed by atoms with Crippen molar-refractivity contribution in [2.45, 2.75) is 57.4 Å². The number of aliphatic hydroxyl groups excluding tert-OH is 4. The summed E-state index contributed by atoms with van der Waals surface area (Å²) < 4.78 is 11.0. The van der Waals surface area contributed by atoms with Crippen LogP contribution in [0.15, 0.2) is 48.5 Å². The second-order valence-electron chi connectivity index (χ2n) is 8.01. The van der Waals surface area contributed by atoms with E-state index in [1.165, 1.54) is 5.56 Å². The van der Waals surface area contributed by atoms with E-state index in [-0.39, 0.29) is 0 Å². The first kappa shape index (κ1) is 21.7. The van der Waals surface area contributed by atoms with Gasteiger partial charge in [-0.3, -0.25) is 0 Å². The van der Waals surface area contributed by atoms with E-state index in [9.17, 15) is 20.4 Å². The molecule has 2 aromatic rings. The van der Waals surface area contributed by atoms with Gasteiger partial charge in [0.2, 0.25) is 0 Å². The van der Waals surface area contributed by atoms with Crippen molar-refractivity contribution in [3.8, 4) is 5.75 Å². The van der Waals surface area contributed by atoms with Crippen molar-refractivity contribution in [2.75, 3.05) is 6.61 Å². The monoisotopic (exact) mass is 402 g/mol. The molecule has 0 aromatic heterocycles. The standard InChI is InChI=1S/C23H30O6/c1-14(2)11-15-7-9-16(10-8-15)12-17-5-3-4-6-18(17)28-22-21(26)20(25)19(13-24)29-23(22)27/h3-10,14,19-27H,11-13H2,1-2H3/t19-,20-,21+,22-,23?/m1/s1. The molecule has 1 unspecified atom stereocenters. The predicted molar refractivity (Wildman–Crippen MR) is 109 cm³/mol. The van der Waals surface area contributed by atoms with E-state index in [0.29, 0.717) is 18.1 Å². The van der Waals surface area contributed by atoms with E-state index in [1.807, 2.05) is 12.1 Å². The number of hydrogen-bond acceptors (Lipinski definition) is 6. The number of ether oxygens (including phenoxy) is 2. The third-order valence-electron chi connectivity index (χ3n) is 5.14. The van der Waals surface area contributed by atoms with Gasteiger partial charge in [0.25, 0.3) is 0 Å². The number of benzene rings is 2. The highest BCUT2D eigenvalue weighted by Gasteiger charge is 2.45. The summed E-state index contributed by atoms with van der Waals surface area (Å²) in [5.74, 6) is 1.10. The molecule has 0 bridgehead atoms. The molecule has 1 aliphatic heterocycles. The topological polar surface area (TPSA) is 99.4 Å². The molecule has 0 spiro atoms. The maximum Gasteiger partial charge on any atom is 0.195 e. The van der Waals surface area contributed by atoms with Crippen LogP contribution in [0.4, 0.5) is 0 Å². The molecule has 1 saturated heterocycles. The summed E-state index contributed by atoms with van der Waals surface area (Å²) in [6.07, 6.45) is -4.77. The zero-order valence-corrected chi connectivity index (χ0v) is 16.8. The Kier molecular flexibility index (Phi) is 7.27. The third-order valence-corrected chi connectivity index (χ3v) is 5.14. The van der Waals surface area contributed by atoms with E-state index in [4.69, 9.17) is 9.47 Å². The fourth-order valence-corrected chi connectivity index (χ4v) is 3.59. The van der Waals surface area contributed by atoms with Gasteiger partial charge in [-0.25, -0.2) is 0 Å². The third kappa shape index (κ3) is 5.35. The number of rotatable bonds is 7. The van der Waals surface area contributed by atoms with Gasteiger partial charge in [-0.2, -0.15) is 0 Å². The van der Waals surface area contributed by atoms with Gasteiger partial charge in [-0.15, -0.1) is 0 Å². The average molecular weight is 402 g/mol. The van der Waals surface area contributed by atoms with Crippen molar-refractivity contribution in [1.82, 2.24) is 0 Å². The Hall–Kier alpha value is -1.96. The van der Waals surface area contributed by atoms with Crippen LogP contribution in [0.3, 0.4) is 0 Å². The Bertz CT molecular complexity index is 775. The quantitative estimate of drug-likeness (QED) is 0.562. The molecular weight excluding hydrogens is 372 g/mol. The van der Waals surface area contributed by atoms with Crippen molar-refractivity contribution < 1.29 is 29.9 Å². The van der Waals surface area contributed by atoms with Crippen molar-refractivity contribution in [3.05, 3.63) is 65.2 Å². The fraction of sp³-hybridized carbons (Fsp3) is 0.478. The number of hydrogen-bond donors (Lipinski definition) is 4. The summed E-state index contributed by atoms with van der Waals surface area (Å²) in [6.45, 7) is 3.88. The normalized spacial score (nSPS) is 27.2. The lowest BCUT2D eigenvalue weighted by molar-refractivity contribution is -0.280. The molecule has 0 radical (unpaired) electrons. The maximum atomic E-state index is 10.3. The lowest BCUT2D eigenvalue weighted by Crippen LogP contribution is -2.60. The molecule has 0 saturated carbocycles. The van der Waals surface area contributed by atoms with Crippen LogP contribution in [0.25, 0.3) is 0 Å². The molecule has 4 N–H and O–H groups in total. The highest BCUT2D eigenvalue weighted by molar-refractivity contribution is 5.38. The van der Waals surface area contributed by atoms with Crippen molar-refractivity contribution in [2.24, 2.45) is 5.92 Å². The van der Waals surface area contributed by atoms with Gasteiger partial charge in [0.15, 0.2) is 12.4 Å². The molecule has 158 valence electrons. The second kappa shape index (κ2) is 9.69. The first-order chi connectivity index (χ1) is 13.9. The van der Waals surface area contributed by atoms with E-state index < -0.39 is 37.3 Å². The van der Waals surface area contributed by atoms with Crippen LogP contribution in [0.1, 0.15) is 30.5 Å². The van der Waals surface area contributed by atoms with E-state index >= 15 is 0 Å². The molecule has 0 aliphatic carbocycles. The van der Waals surface area contributed by atoms with Gasteiger partial charge in [-0.05, 0) is 35.1 Å². The largest absolute Gasteiger partial charge is 0.482 e. The molecule has 0 amide bonds. The summed E-state index contributed by atoms with van der Waals surface area (Å²) >= 11 is 0. The van der Waals surface area contributed by atoms with Crippen molar-refractivity contribution in [3.63, 3.8) is 0 Å². The van der Waals surface area contributed by atoms with Crippen LogP contribution < -0.4 is 4.74 Å². The Morgan fingerprint density at radius 3 is 2.24 bits per heavy atom. The van der Waals surface area contributed by atoms with Crippen LogP contribution in [0.2, 0.25) is 0 Å². The van der Waals surface area contributed by atoms with Crippen molar-refractivity contribution in [1.29, 1.82) is 0 Å². The van der Waals surface area contributed by atoms with Gasteiger partial charge in [0.05, 0.1) is 6.61 Å². The molecule has 6 nitrogen and oxygen atoms in total. The molecule has 3 rings (SSSR count). The SMILES string of the molecule is CC(C)Cc1ccc(Cc2ccccc2O[C@H]2C(O)O[C@H](CO)[C@@H](O)[C@@H]2O)cc1. The highest BCUT2D eigenvalue weighted by atomic mass is 16.7. The Morgan fingerprint density at radius 2 is 1.59 bits per heavy atom. The van der Waals surface area contributed by atoms with Gasteiger partial charge in [0, 0.05) is 6.42 Å². The van der Waals surface area contributed by atoms with Crippen LogP contribution in [0.5, 0.6) is 5.75 Å². The zero-order valence-electron chi connectivity index (χ0n) is 16.8. The van der Waals surface area contributed by atoms with Crippen LogP contribution in [0, 0.1) is 5.92 Å². The Morgan fingerprint density at radius 1 is 0.931 bits per heavy atom. The van der Waals surface area contributed by atoms with Gasteiger partial charge in [-0.1, -0.05) is 56.3 Å². The van der Waals surface area contributed by atoms with Crippen LogP contribution in [-0.4, -0.2) is 57.7 Å². The molecule has 6 heteroatoms. The molecule has 29 heavy (non-hydrogen) atoms. The molecule has 5 atom stereocenters. The van der Waals surface area contributed by atoms with E-state index in [0.717, 1.165) is 17.5 Å². The lowest BCUT2D eigenvalue weighted by Gasteiger charge is -2.40. The van der Waals surface area contributed by atoms with Crippen LogP contribution >= 0.6 is 0 Å². The minimum atomic E-state index is -1.46. The first-order valence-corrected chi connectivity index (χ1v) is 10.0. The van der Waals surface area contributed by atoms with Gasteiger partial charge >= 0.3 is 0 Å². The summed E-state index contributed by atoms with van der Waals surface area (Å²) in [5.41, 5.74) is 3.31. The Labute approximate surface area is 171 Å². The van der Waals surface area contributed by atoms with Gasteiger partial charge < -0.3 is 29.9 Å². The molecule has 1 fully saturated rings. The number of aliphatic hydroxyl groups is 4. The summed E-state index contributed by atoms with van der Waals surface area (Å²) in [7, 11) is 0. The predicted octanol–water partition coefficient (Wildman–Crippen LogP) is 1.65. The number of para-hydroxylation sites is 1. The highest BCUT2D eigenvalue weighted by Crippen LogP contribution is 2.28. The average Bonchev–Trinajstić information content (AvgIpc) is 2.70. The van der Waals surface area contributed by atoms with Gasteiger partial charge in [0.1, 0.15) is 24.1 Å². The summed E-state index contributed by atoms with van der Waals surface area (Å²) in [6, 6.07) is 15.8. The minimum absolute atomic E-state index is 0.500. The van der Waals surface area contributed by atoms with E-state index in [1.54, 1.807) is 12.1 Å². The molecule has 2 aromatic carbocycles. The second-order valence-corrected chi connectivity index (χ2v) is 8.01. The fourth-order valence-electron chi connectivity index (χ4n) is 3.59. The smallest absolute Gasteiger partial charge is 0.195 e. The van der Waals surface area contributed by atoms with E-state index in [2.05, 4.69) is 38.1 Å². The lowest BCUT2D eigenvalue weighted by atomic mass is 9.98. The first-order valence-electron chi connectivity index (χ1n) is 10.0. The molecule has 1 aliphatic rings. The Balaban J connectivity index is 1.74. The summed E-state index contributed by atoms with van der Waals surface area (Å²) in [5, 5.41) is 39.8. The summed E-state index contributed by atoms with van der Waals surface area (Å²) in [4.78, 5) is 0. The molecule has 1 heterocycles. The van der Waals surface area contributed by atoms with Crippen LogP contribution in [-0.2, 0) is 17.6 Å². The minimum Gasteiger partial charge on any atom is -0.482 e.